The lowest BCUT2D eigenvalue weighted by Crippen LogP contribution is -2.31. The van der Waals surface area contributed by atoms with Gasteiger partial charge in [0.05, 0.1) is 32.4 Å². The first-order valence-corrected chi connectivity index (χ1v) is 10.6. The Morgan fingerprint density at radius 2 is 1.93 bits per heavy atom. The Kier molecular flexibility index (Phi) is 5.81. The van der Waals surface area contributed by atoms with Crippen LogP contribution < -0.4 is 9.47 Å². The fourth-order valence-electron chi connectivity index (χ4n) is 3.83. The van der Waals surface area contributed by atoms with Crippen LogP contribution in [0.2, 0.25) is 0 Å². The average molecular weight is 409 g/mol. The van der Waals surface area contributed by atoms with E-state index in [9.17, 15) is 4.79 Å². The number of thiazole rings is 1. The van der Waals surface area contributed by atoms with Crippen LogP contribution in [0.25, 0.3) is 10.6 Å². The highest BCUT2D eigenvalue weighted by Crippen LogP contribution is 2.37. The molecule has 1 unspecified atom stereocenters. The molecule has 2 heterocycles. The Labute approximate surface area is 174 Å². The van der Waals surface area contributed by atoms with Crippen LogP contribution >= 0.6 is 11.3 Å². The van der Waals surface area contributed by atoms with Crippen molar-refractivity contribution in [2.75, 3.05) is 20.8 Å². The molecule has 1 fully saturated rings. The second-order valence-electron chi connectivity index (χ2n) is 7.05. The van der Waals surface area contributed by atoms with Crippen molar-refractivity contribution >= 4 is 17.2 Å². The number of hydrogen-bond donors (Lipinski definition) is 0. The first-order valence-electron chi connectivity index (χ1n) is 9.71. The molecule has 0 radical (unpaired) electrons. The van der Waals surface area contributed by atoms with Crippen LogP contribution in [0.4, 0.5) is 0 Å². The lowest BCUT2D eigenvalue weighted by Gasteiger charge is -2.25. The minimum atomic E-state index is 0.0644. The Balaban J connectivity index is 1.49. The summed E-state index contributed by atoms with van der Waals surface area (Å²) >= 11 is 1.58. The molecule has 6 heteroatoms. The molecule has 150 valence electrons. The second-order valence-corrected chi connectivity index (χ2v) is 7.90. The van der Waals surface area contributed by atoms with Gasteiger partial charge in [-0.25, -0.2) is 4.98 Å². The first kappa shape index (κ1) is 19.5. The molecular weight excluding hydrogens is 384 g/mol. The summed E-state index contributed by atoms with van der Waals surface area (Å²) in [5.74, 6) is 1.51. The van der Waals surface area contributed by atoms with Crippen LogP contribution in [0, 0.1) is 0 Å². The minimum Gasteiger partial charge on any atom is -0.493 e. The quantitative estimate of drug-likeness (QED) is 0.591. The summed E-state index contributed by atoms with van der Waals surface area (Å²) < 4.78 is 10.8. The largest absolute Gasteiger partial charge is 0.493 e. The van der Waals surface area contributed by atoms with Gasteiger partial charge in [0.15, 0.2) is 11.5 Å². The van der Waals surface area contributed by atoms with Crippen molar-refractivity contribution in [3.63, 3.8) is 0 Å². The molecule has 4 rings (SSSR count). The fourth-order valence-corrected chi connectivity index (χ4v) is 4.66. The smallest absolute Gasteiger partial charge is 0.229 e. The summed E-state index contributed by atoms with van der Waals surface area (Å²) in [5.41, 5.74) is 2.99. The molecular formula is C23H24N2O3S. The summed E-state index contributed by atoms with van der Waals surface area (Å²) in [7, 11) is 3.26. The van der Waals surface area contributed by atoms with Gasteiger partial charge in [0, 0.05) is 17.5 Å². The van der Waals surface area contributed by atoms with Crippen LogP contribution in [0.1, 0.15) is 30.1 Å². The van der Waals surface area contributed by atoms with E-state index < -0.39 is 0 Å². The fraction of sp³-hybridized carbons (Fsp3) is 0.304. The van der Waals surface area contributed by atoms with Crippen LogP contribution in [0.3, 0.4) is 0 Å². The van der Waals surface area contributed by atoms with Crippen molar-refractivity contribution in [3.8, 4) is 22.1 Å². The number of benzene rings is 2. The molecule has 1 atom stereocenters. The van der Waals surface area contributed by atoms with Gasteiger partial charge in [-0.3, -0.25) is 4.79 Å². The highest BCUT2D eigenvalue weighted by Gasteiger charge is 2.30. The number of hydrogen-bond acceptors (Lipinski definition) is 5. The number of rotatable bonds is 6. The highest BCUT2D eigenvalue weighted by molar-refractivity contribution is 7.13. The molecule has 0 aliphatic carbocycles. The topological polar surface area (TPSA) is 51.7 Å². The molecule has 1 aromatic heterocycles. The lowest BCUT2D eigenvalue weighted by atomic mass is 10.0. The van der Waals surface area contributed by atoms with E-state index in [1.807, 2.05) is 58.8 Å². The zero-order valence-electron chi connectivity index (χ0n) is 16.6. The zero-order valence-corrected chi connectivity index (χ0v) is 17.4. The number of carbonyl (C=O) groups excluding carboxylic acids is 1. The Morgan fingerprint density at radius 1 is 1.14 bits per heavy atom. The van der Waals surface area contributed by atoms with Crippen molar-refractivity contribution in [3.05, 3.63) is 65.2 Å². The van der Waals surface area contributed by atoms with E-state index in [0.717, 1.165) is 41.2 Å². The molecule has 0 N–H and O–H groups in total. The summed E-state index contributed by atoms with van der Waals surface area (Å²) in [4.78, 5) is 19.7. The van der Waals surface area contributed by atoms with Crippen LogP contribution in [0.5, 0.6) is 11.5 Å². The van der Waals surface area contributed by atoms with E-state index in [4.69, 9.17) is 9.47 Å². The first-order chi connectivity index (χ1) is 14.2. The maximum Gasteiger partial charge on any atom is 0.229 e. The summed E-state index contributed by atoms with van der Waals surface area (Å²) in [5, 5.41) is 2.94. The van der Waals surface area contributed by atoms with Gasteiger partial charge in [0.25, 0.3) is 0 Å². The van der Waals surface area contributed by atoms with Crippen LogP contribution in [-0.4, -0.2) is 36.6 Å². The van der Waals surface area contributed by atoms with Gasteiger partial charge in [-0.15, -0.1) is 11.3 Å². The Hall–Kier alpha value is -2.86. The summed E-state index contributed by atoms with van der Waals surface area (Å²) in [6.45, 7) is 0.771. The Bertz CT molecular complexity index is 987. The third-order valence-electron chi connectivity index (χ3n) is 5.27. The number of carbonyl (C=O) groups is 1. The van der Waals surface area contributed by atoms with Crippen molar-refractivity contribution < 1.29 is 14.3 Å². The molecule has 2 aromatic carbocycles. The molecule has 0 saturated carbocycles. The molecule has 29 heavy (non-hydrogen) atoms. The third-order valence-corrected chi connectivity index (χ3v) is 6.21. The number of likely N-dealkylation sites (tertiary alicyclic amines) is 1. The molecule has 5 nitrogen and oxygen atoms in total. The normalized spacial score (nSPS) is 16.1. The summed E-state index contributed by atoms with van der Waals surface area (Å²) in [6.07, 6.45) is 2.28. The van der Waals surface area contributed by atoms with E-state index in [1.54, 1.807) is 25.6 Å². The van der Waals surface area contributed by atoms with Gasteiger partial charge in [0.1, 0.15) is 5.01 Å². The predicted molar refractivity (Wildman–Crippen MR) is 114 cm³/mol. The Morgan fingerprint density at radius 3 is 2.69 bits per heavy atom. The second kappa shape index (κ2) is 8.66. The third kappa shape index (κ3) is 4.12. The van der Waals surface area contributed by atoms with Crippen molar-refractivity contribution in [1.29, 1.82) is 0 Å². The highest BCUT2D eigenvalue weighted by atomic mass is 32.1. The number of aromatic nitrogens is 1. The molecule has 1 aliphatic rings. The van der Waals surface area contributed by atoms with E-state index in [-0.39, 0.29) is 11.9 Å². The van der Waals surface area contributed by atoms with Gasteiger partial charge >= 0.3 is 0 Å². The number of ether oxygens (including phenoxy) is 2. The molecule has 1 saturated heterocycles. The predicted octanol–water partition coefficient (Wildman–Crippen LogP) is 4.73. The van der Waals surface area contributed by atoms with Crippen LogP contribution in [0.15, 0.2) is 53.9 Å². The minimum absolute atomic E-state index is 0.0644. The number of nitrogens with zero attached hydrogens (tertiary/aromatic N) is 2. The summed E-state index contributed by atoms with van der Waals surface area (Å²) in [6, 6.07) is 16.0. The van der Waals surface area contributed by atoms with Crippen molar-refractivity contribution in [1.82, 2.24) is 9.88 Å². The van der Waals surface area contributed by atoms with E-state index in [1.165, 1.54) is 0 Å². The molecule has 0 bridgehead atoms. The van der Waals surface area contributed by atoms with Crippen molar-refractivity contribution in [2.45, 2.75) is 25.3 Å². The van der Waals surface area contributed by atoms with Gasteiger partial charge in [-0.1, -0.05) is 36.4 Å². The van der Waals surface area contributed by atoms with Gasteiger partial charge in [-0.05, 0) is 30.5 Å². The molecule has 1 amide bonds. The monoisotopic (exact) mass is 408 g/mol. The zero-order chi connectivity index (χ0) is 20.2. The van der Waals surface area contributed by atoms with E-state index in [2.05, 4.69) is 4.98 Å². The molecule has 3 aromatic rings. The standard InChI is InChI=1S/C23H24N2O3S/c1-27-20-11-10-17(13-21(20)28-2)19-9-6-12-25(19)22(26)14-18-15-29-23(24-18)16-7-4-3-5-8-16/h3-5,7-8,10-11,13,15,19H,6,9,12,14H2,1-2H3. The molecule has 1 aliphatic heterocycles. The van der Waals surface area contributed by atoms with E-state index in [0.29, 0.717) is 17.9 Å². The van der Waals surface area contributed by atoms with Gasteiger partial charge in [0.2, 0.25) is 5.91 Å². The lowest BCUT2D eigenvalue weighted by molar-refractivity contribution is -0.131. The maximum atomic E-state index is 13.1. The van der Waals surface area contributed by atoms with Gasteiger partial charge in [-0.2, -0.15) is 0 Å². The molecule has 0 spiro atoms. The maximum absolute atomic E-state index is 13.1. The van der Waals surface area contributed by atoms with E-state index >= 15 is 0 Å². The average Bonchev–Trinajstić information content (AvgIpc) is 3.43. The van der Waals surface area contributed by atoms with Crippen LogP contribution in [-0.2, 0) is 11.2 Å². The number of amides is 1. The van der Waals surface area contributed by atoms with Crippen molar-refractivity contribution in [2.24, 2.45) is 0 Å². The SMILES string of the molecule is COc1ccc(C2CCCN2C(=O)Cc2csc(-c3ccccc3)n2)cc1OC. The van der Waals surface area contributed by atoms with Gasteiger partial charge < -0.3 is 14.4 Å². The number of methoxy groups -OCH3 is 2.